The molecule has 0 unspecified atom stereocenters. The zero-order valence-electron chi connectivity index (χ0n) is 18.3. The van der Waals surface area contributed by atoms with Crippen LogP contribution < -0.4 is 14.7 Å². The van der Waals surface area contributed by atoms with Gasteiger partial charge in [-0.1, -0.05) is 0 Å². The molecule has 3 aromatic carbocycles. The Balaban J connectivity index is 0.00000241. The molecule has 0 radical (unpaired) electrons. The summed E-state index contributed by atoms with van der Waals surface area (Å²) < 4.78 is 17.4. The molecule has 0 saturated carbocycles. The van der Waals surface area contributed by atoms with Crippen molar-refractivity contribution in [2.75, 3.05) is 0 Å². The van der Waals surface area contributed by atoms with E-state index < -0.39 is 21.8 Å². The molecule has 0 fully saturated rings. The van der Waals surface area contributed by atoms with Crippen molar-refractivity contribution in [2.24, 2.45) is 0 Å². The zero-order chi connectivity index (χ0) is 22.2. The second-order valence-electron chi connectivity index (χ2n) is 7.30. The number of fused-ring (bicyclic) bond motifs is 3. The number of hydrogen-bond donors (Lipinski definition) is 0. The van der Waals surface area contributed by atoms with Crippen LogP contribution >= 0.6 is 0 Å². The van der Waals surface area contributed by atoms with Gasteiger partial charge >= 0.3 is 218 Å². The standard InChI is InChI=1S/C23H13NO.C5H4N.Bi.Pt/c1-2-7-18(8-3-1)19-12-14-20(15-13-19)21-9-6-10-22(17-21)25-23-11-4-5-16-24-23;1-2-4-6-5-3-1;;/h1-7,9-12,14,16H;1-4H;;/q-2;;;+2/i5D;;;. The SMILES string of the molecule is [2H]c1ccc(Oc2[c-]c(-c3[c-][c]4c(cc3)-c3cccc[c]3[Bi]4[c]3ccccn3)ccc2)nc1.[Pt+2]. The third-order valence-electron chi connectivity index (χ3n) is 5.32. The molecule has 5 aromatic rings. The van der Waals surface area contributed by atoms with Crippen LogP contribution in [0.2, 0.25) is 0 Å². The van der Waals surface area contributed by atoms with Crippen LogP contribution in [0.25, 0.3) is 22.3 Å². The van der Waals surface area contributed by atoms with E-state index in [1.54, 1.807) is 12.1 Å². The molecule has 6 rings (SSSR count). The van der Waals surface area contributed by atoms with Gasteiger partial charge in [-0.15, -0.1) is 0 Å². The van der Waals surface area contributed by atoms with E-state index in [0.717, 1.165) is 11.1 Å². The summed E-state index contributed by atoms with van der Waals surface area (Å²) in [4.78, 5) is 8.90. The largest absolute Gasteiger partial charge is 2.00 e. The first kappa shape index (κ1) is 20.9. The van der Waals surface area contributed by atoms with Crippen LogP contribution in [0.15, 0.2) is 103 Å². The average Bonchev–Trinajstić information content (AvgIpc) is 3.20. The third-order valence-corrected chi connectivity index (χ3v) is 14.6. The molecule has 0 atom stereocenters. The van der Waals surface area contributed by atoms with Gasteiger partial charge in [-0.3, -0.25) is 0 Å². The molecule has 0 amide bonds. The van der Waals surface area contributed by atoms with E-state index in [0.29, 0.717) is 17.7 Å². The van der Waals surface area contributed by atoms with E-state index in [1.807, 2.05) is 30.5 Å². The van der Waals surface area contributed by atoms with Crippen molar-refractivity contribution in [3.05, 3.63) is 115 Å². The summed E-state index contributed by atoms with van der Waals surface area (Å²) in [7, 11) is 0. The first-order valence-corrected chi connectivity index (χ1v) is 15.5. The molecule has 1 aliphatic heterocycles. The molecule has 1 aliphatic rings. The fourth-order valence-electron chi connectivity index (χ4n) is 3.92. The van der Waals surface area contributed by atoms with Gasteiger partial charge in [-0.25, -0.2) is 0 Å². The van der Waals surface area contributed by atoms with Crippen molar-refractivity contribution in [1.29, 1.82) is 0 Å². The van der Waals surface area contributed by atoms with Crippen molar-refractivity contribution in [3.8, 4) is 33.9 Å². The minimum atomic E-state index is -2.51. The molecule has 0 bridgehead atoms. The molecular weight excluding hydrogens is 784 g/mol. The van der Waals surface area contributed by atoms with Crippen LogP contribution in [0.1, 0.15) is 1.37 Å². The van der Waals surface area contributed by atoms with Crippen molar-refractivity contribution < 1.29 is 27.2 Å². The monoisotopic (exact) mass is 802 g/mol. The molecule has 33 heavy (non-hydrogen) atoms. The van der Waals surface area contributed by atoms with Crippen molar-refractivity contribution >= 4 is 31.7 Å². The summed E-state index contributed by atoms with van der Waals surface area (Å²) in [5.41, 5.74) is 4.53. The summed E-state index contributed by atoms with van der Waals surface area (Å²) in [5.74, 6) is 1.03. The van der Waals surface area contributed by atoms with Crippen molar-refractivity contribution in [3.63, 3.8) is 0 Å². The van der Waals surface area contributed by atoms with Gasteiger partial charge in [0.2, 0.25) is 0 Å². The average molecular weight is 803 g/mol. The Bertz CT molecular complexity index is 1460. The van der Waals surface area contributed by atoms with Crippen molar-refractivity contribution in [2.45, 2.75) is 0 Å². The number of pyridine rings is 2. The minimum Gasteiger partial charge on any atom is 2.00 e. The van der Waals surface area contributed by atoms with Crippen LogP contribution in [0.5, 0.6) is 11.6 Å². The number of hydrogen-bond acceptors (Lipinski definition) is 3. The summed E-state index contributed by atoms with van der Waals surface area (Å²) in [6.07, 6.45) is 3.36. The van der Waals surface area contributed by atoms with E-state index in [1.165, 1.54) is 27.3 Å². The van der Waals surface area contributed by atoms with Crippen LogP contribution in [0.3, 0.4) is 0 Å². The first-order valence-electron chi connectivity index (χ1n) is 10.8. The molecule has 5 heteroatoms. The maximum Gasteiger partial charge on any atom is 2.00 e. The van der Waals surface area contributed by atoms with Gasteiger partial charge in [0.15, 0.2) is 0 Å². The maximum absolute atomic E-state index is 7.58. The van der Waals surface area contributed by atoms with Gasteiger partial charge < -0.3 is 0 Å². The molecular formula is C28H17BiN2OPt. The third kappa shape index (κ3) is 4.31. The van der Waals surface area contributed by atoms with Crippen molar-refractivity contribution in [1.82, 2.24) is 9.97 Å². The number of aromatic nitrogens is 2. The maximum atomic E-state index is 7.58. The fourth-order valence-corrected chi connectivity index (χ4v) is 13.5. The Labute approximate surface area is 216 Å². The first-order chi connectivity index (χ1) is 16.3. The van der Waals surface area contributed by atoms with Crippen LogP contribution in [-0.4, -0.2) is 31.7 Å². The van der Waals surface area contributed by atoms with Crippen LogP contribution in [0, 0.1) is 12.1 Å². The minimum absolute atomic E-state index is 0. The quantitative estimate of drug-likeness (QED) is 0.200. The van der Waals surface area contributed by atoms with Crippen LogP contribution in [-0.2, 0) is 21.1 Å². The van der Waals surface area contributed by atoms with E-state index in [9.17, 15) is 0 Å². The van der Waals surface area contributed by atoms with Gasteiger partial charge in [-0.05, 0) is 0 Å². The van der Waals surface area contributed by atoms with Gasteiger partial charge in [-0.2, -0.15) is 0 Å². The summed E-state index contributed by atoms with van der Waals surface area (Å²) in [6.45, 7) is 0. The number of nitrogens with zero attached hydrogens (tertiary/aromatic N) is 2. The van der Waals surface area contributed by atoms with Gasteiger partial charge in [0.05, 0.1) is 0 Å². The molecule has 0 N–H and O–H groups in total. The Morgan fingerprint density at radius 2 is 1.61 bits per heavy atom. The predicted molar refractivity (Wildman–Crippen MR) is 128 cm³/mol. The summed E-state index contributed by atoms with van der Waals surface area (Å²) in [5, 5.41) is 0. The summed E-state index contributed by atoms with van der Waals surface area (Å²) in [6, 6.07) is 35.9. The van der Waals surface area contributed by atoms with E-state index >= 15 is 0 Å². The Kier molecular flexibility index (Phi) is 6.13. The molecule has 2 aromatic heterocycles. The number of rotatable bonds is 4. The molecule has 3 heterocycles. The zero-order valence-corrected chi connectivity index (χ0v) is 23.1. The molecule has 3 nitrogen and oxygen atoms in total. The van der Waals surface area contributed by atoms with E-state index in [2.05, 4.69) is 65.6 Å². The molecule has 0 spiro atoms. The second-order valence-corrected chi connectivity index (χ2v) is 15.3. The topological polar surface area (TPSA) is 35.0 Å². The van der Waals surface area contributed by atoms with Gasteiger partial charge in [0, 0.05) is 0 Å². The number of benzene rings is 3. The fraction of sp³-hybridized carbons (Fsp3) is 0. The smallest absolute Gasteiger partial charge is 2.00 e. The predicted octanol–water partition coefficient (Wildman–Crippen LogP) is 4.03. The molecule has 0 aliphatic carbocycles. The molecule has 0 saturated heterocycles. The Hall–Kier alpha value is -2.67. The van der Waals surface area contributed by atoms with E-state index in [4.69, 9.17) is 11.1 Å². The normalized spacial score (nSPS) is 12.3. The Morgan fingerprint density at radius 3 is 2.45 bits per heavy atom. The van der Waals surface area contributed by atoms with E-state index in [-0.39, 0.29) is 21.1 Å². The van der Waals surface area contributed by atoms with Crippen LogP contribution in [0.4, 0.5) is 0 Å². The summed E-state index contributed by atoms with van der Waals surface area (Å²) >= 11 is -2.51. The molecule has 160 valence electrons. The van der Waals surface area contributed by atoms with Gasteiger partial charge in [0.1, 0.15) is 0 Å². The Morgan fingerprint density at radius 1 is 0.727 bits per heavy atom. The number of ether oxygens (including phenoxy) is 1. The second kappa shape index (κ2) is 9.67. The van der Waals surface area contributed by atoms with Gasteiger partial charge in [0.25, 0.3) is 0 Å².